The zero-order valence-corrected chi connectivity index (χ0v) is 15.1. The molecule has 138 valence electrons. The molecule has 0 fully saturated rings. The van der Waals surface area contributed by atoms with E-state index in [1.807, 2.05) is 0 Å². The van der Waals surface area contributed by atoms with Crippen LogP contribution in [0, 0.1) is 0 Å². The van der Waals surface area contributed by atoms with Crippen LogP contribution in [0.15, 0.2) is 36.5 Å². The van der Waals surface area contributed by atoms with Crippen molar-refractivity contribution in [2.45, 2.75) is 19.9 Å². The van der Waals surface area contributed by atoms with E-state index >= 15 is 0 Å². The van der Waals surface area contributed by atoms with Crippen LogP contribution in [0.25, 0.3) is 0 Å². The second kappa shape index (κ2) is 8.70. The molecule has 0 aliphatic heterocycles. The van der Waals surface area contributed by atoms with Gasteiger partial charge in [0, 0.05) is 18.7 Å². The first-order valence-corrected chi connectivity index (χ1v) is 7.96. The van der Waals surface area contributed by atoms with Gasteiger partial charge in [-0.25, -0.2) is 4.98 Å². The van der Waals surface area contributed by atoms with Crippen molar-refractivity contribution in [1.82, 2.24) is 4.98 Å². The molecular formula is C18H22N4O4. The lowest BCUT2D eigenvalue weighted by molar-refractivity contribution is -0.116. The summed E-state index contributed by atoms with van der Waals surface area (Å²) in [6.07, 6.45) is 1.58. The molecule has 1 aromatic heterocycles. The molecule has 0 aliphatic carbocycles. The largest absolute Gasteiger partial charge is 0.495 e. The Kier molecular flexibility index (Phi) is 6.37. The molecule has 0 bridgehead atoms. The molecule has 1 aromatic carbocycles. The number of aromatic nitrogens is 1. The second-order valence-electron chi connectivity index (χ2n) is 5.54. The van der Waals surface area contributed by atoms with E-state index in [1.165, 1.54) is 21.1 Å². The van der Waals surface area contributed by atoms with Crippen molar-refractivity contribution in [3.63, 3.8) is 0 Å². The van der Waals surface area contributed by atoms with E-state index in [0.29, 0.717) is 28.7 Å². The van der Waals surface area contributed by atoms with E-state index in [1.54, 1.807) is 43.5 Å². The molecule has 8 heteroatoms. The molecule has 1 atom stereocenters. The number of rotatable bonds is 7. The Morgan fingerprint density at radius 2 is 1.77 bits per heavy atom. The maximum atomic E-state index is 12.5. The van der Waals surface area contributed by atoms with Gasteiger partial charge in [0.05, 0.1) is 31.8 Å². The lowest BCUT2D eigenvalue weighted by Gasteiger charge is -2.17. The van der Waals surface area contributed by atoms with Crippen molar-refractivity contribution >= 4 is 28.9 Å². The van der Waals surface area contributed by atoms with Crippen molar-refractivity contribution in [2.24, 2.45) is 0 Å². The highest BCUT2D eigenvalue weighted by Crippen LogP contribution is 2.28. The maximum absolute atomic E-state index is 12.5. The van der Waals surface area contributed by atoms with Crippen LogP contribution in [0.5, 0.6) is 11.6 Å². The normalized spacial score (nSPS) is 11.2. The predicted molar refractivity (Wildman–Crippen MR) is 99.8 cm³/mol. The Balaban J connectivity index is 2.08. The minimum atomic E-state index is -0.528. The van der Waals surface area contributed by atoms with Crippen LogP contribution in [-0.4, -0.2) is 37.1 Å². The van der Waals surface area contributed by atoms with Crippen molar-refractivity contribution < 1.29 is 19.1 Å². The summed E-state index contributed by atoms with van der Waals surface area (Å²) in [4.78, 5) is 27.8. The summed E-state index contributed by atoms with van der Waals surface area (Å²) in [7, 11) is 3.04. The molecule has 0 saturated heterocycles. The Labute approximate surface area is 151 Å². The number of carbonyl (C=O) groups excluding carboxylic acids is 2. The minimum Gasteiger partial charge on any atom is -0.495 e. The van der Waals surface area contributed by atoms with E-state index in [4.69, 9.17) is 9.47 Å². The quantitative estimate of drug-likeness (QED) is 0.703. The molecular weight excluding hydrogens is 336 g/mol. The van der Waals surface area contributed by atoms with Gasteiger partial charge in [-0.1, -0.05) is 0 Å². The fraction of sp³-hybridized carbons (Fsp3) is 0.278. The molecule has 0 saturated carbocycles. The van der Waals surface area contributed by atoms with E-state index in [0.717, 1.165) is 0 Å². The lowest BCUT2D eigenvalue weighted by atomic mass is 10.2. The van der Waals surface area contributed by atoms with Crippen LogP contribution in [0.3, 0.4) is 0 Å². The summed E-state index contributed by atoms with van der Waals surface area (Å²) in [5, 5.41) is 8.52. The number of nitrogens with zero attached hydrogens (tertiary/aromatic N) is 1. The van der Waals surface area contributed by atoms with Crippen molar-refractivity contribution in [3.05, 3.63) is 36.5 Å². The van der Waals surface area contributed by atoms with E-state index in [2.05, 4.69) is 20.9 Å². The molecule has 0 unspecified atom stereocenters. The Morgan fingerprint density at radius 1 is 1.04 bits per heavy atom. The van der Waals surface area contributed by atoms with Gasteiger partial charge < -0.3 is 25.4 Å². The Bertz CT molecular complexity index is 777. The smallest absolute Gasteiger partial charge is 0.246 e. The van der Waals surface area contributed by atoms with Gasteiger partial charge in [0.25, 0.3) is 0 Å². The Hall–Kier alpha value is -3.29. The van der Waals surface area contributed by atoms with Crippen LogP contribution in [-0.2, 0) is 9.59 Å². The fourth-order valence-corrected chi connectivity index (χ4v) is 2.23. The standard InChI is InChI=1S/C18H22N4O4/c1-11(20-14-6-8-17(26-4)19-10-14)18(24)22-15-9-13(21-12(2)23)5-7-16(15)25-3/h5-11,20H,1-4H3,(H,21,23)(H,22,24)/t11-/m0/s1. The average Bonchev–Trinajstić information content (AvgIpc) is 2.62. The third-order valence-electron chi connectivity index (χ3n) is 3.50. The summed E-state index contributed by atoms with van der Waals surface area (Å²) in [6, 6.07) is 7.95. The van der Waals surface area contributed by atoms with Gasteiger partial charge in [0.15, 0.2) is 0 Å². The van der Waals surface area contributed by atoms with E-state index in [9.17, 15) is 9.59 Å². The minimum absolute atomic E-state index is 0.200. The molecule has 0 radical (unpaired) electrons. The highest BCUT2D eigenvalue weighted by molar-refractivity contribution is 5.98. The maximum Gasteiger partial charge on any atom is 0.246 e. The number of hydrogen-bond acceptors (Lipinski definition) is 6. The molecule has 0 aliphatic rings. The highest BCUT2D eigenvalue weighted by atomic mass is 16.5. The third kappa shape index (κ3) is 5.10. The number of methoxy groups -OCH3 is 2. The topological polar surface area (TPSA) is 102 Å². The van der Waals surface area contributed by atoms with Gasteiger partial charge in [-0.05, 0) is 31.2 Å². The molecule has 1 heterocycles. The first-order chi connectivity index (χ1) is 12.4. The predicted octanol–water partition coefficient (Wildman–Crippen LogP) is 2.50. The zero-order valence-electron chi connectivity index (χ0n) is 15.1. The van der Waals surface area contributed by atoms with Crippen LogP contribution in [0.1, 0.15) is 13.8 Å². The zero-order chi connectivity index (χ0) is 19.1. The van der Waals surface area contributed by atoms with Crippen molar-refractivity contribution in [3.8, 4) is 11.6 Å². The van der Waals surface area contributed by atoms with Crippen LogP contribution < -0.4 is 25.4 Å². The number of anilines is 3. The number of pyridine rings is 1. The summed E-state index contributed by atoms with van der Waals surface area (Å²) in [5.74, 6) is 0.520. The first-order valence-electron chi connectivity index (χ1n) is 7.96. The molecule has 26 heavy (non-hydrogen) atoms. The van der Waals surface area contributed by atoms with Crippen molar-refractivity contribution in [2.75, 3.05) is 30.2 Å². The van der Waals surface area contributed by atoms with E-state index in [-0.39, 0.29) is 11.8 Å². The van der Waals surface area contributed by atoms with Crippen LogP contribution >= 0.6 is 0 Å². The van der Waals surface area contributed by atoms with E-state index < -0.39 is 6.04 Å². The number of ether oxygens (including phenoxy) is 2. The molecule has 8 nitrogen and oxygen atoms in total. The van der Waals surface area contributed by atoms with Crippen LogP contribution in [0.2, 0.25) is 0 Å². The van der Waals surface area contributed by atoms with Gasteiger partial charge in [-0.2, -0.15) is 0 Å². The molecule has 2 aromatic rings. The summed E-state index contributed by atoms with van der Waals surface area (Å²) in [5.41, 5.74) is 1.71. The van der Waals surface area contributed by atoms with Crippen molar-refractivity contribution in [1.29, 1.82) is 0 Å². The lowest BCUT2D eigenvalue weighted by Crippen LogP contribution is -2.32. The number of nitrogens with one attached hydrogen (secondary N) is 3. The fourth-order valence-electron chi connectivity index (χ4n) is 2.23. The molecule has 0 spiro atoms. The highest BCUT2D eigenvalue weighted by Gasteiger charge is 2.16. The molecule has 2 amide bonds. The summed E-state index contributed by atoms with van der Waals surface area (Å²) in [6.45, 7) is 3.14. The average molecular weight is 358 g/mol. The number of hydrogen-bond donors (Lipinski definition) is 3. The Morgan fingerprint density at radius 3 is 2.35 bits per heavy atom. The summed E-state index contributed by atoms with van der Waals surface area (Å²) >= 11 is 0. The molecule has 2 rings (SSSR count). The van der Waals surface area contributed by atoms with Gasteiger partial charge in [-0.3, -0.25) is 9.59 Å². The van der Waals surface area contributed by atoms with Gasteiger partial charge in [0.2, 0.25) is 17.7 Å². The van der Waals surface area contributed by atoms with Crippen LogP contribution in [0.4, 0.5) is 17.1 Å². The van der Waals surface area contributed by atoms with Gasteiger partial charge in [-0.15, -0.1) is 0 Å². The third-order valence-corrected chi connectivity index (χ3v) is 3.50. The SMILES string of the molecule is COc1ccc(N[C@@H](C)C(=O)Nc2cc(NC(C)=O)ccc2OC)cn1. The second-order valence-corrected chi connectivity index (χ2v) is 5.54. The number of carbonyl (C=O) groups is 2. The first kappa shape index (κ1) is 19.0. The number of amides is 2. The molecule has 3 N–H and O–H groups in total. The van der Waals surface area contributed by atoms with Gasteiger partial charge in [0.1, 0.15) is 11.8 Å². The monoisotopic (exact) mass is 358 g/mol. The number of benzene rings is 1. The van der Waals surface area contributed by atoms with Gasteiger partial charge >= 0.3 is 0 Å². The summed E-state index contributed by atoms with van der Waals surface area (Å²) < 4.78 is 10.3.